The monoisotopic (exact) mass is 485 g/mol. The van der Waals surface area contributed by atoms with Crippen LogP contribution in [-0.2, 0) is 19.1 Å². The molecule has 0 aromatic heterocycles. The summed E-state index contributed by atoms with van der Waals surface area (Å²) in [6, 6.07) is 8.48. The summed E-state index contributed by atoms with van der Waals surface area (Å²) in [5.74, 6) is -1.94. The van der Waals surface area contributed by atoms with Crippen molar-refractivity contribution < 1.29 is 24.2 Å². The molecule has 3 aliphatic rings. The normalized spacial score (nSPS) is 31.0. The molecular formula is C27H39N3O5. The Balaban J connectivity index is 1.60. The second kappa shape index (κ2) is 10.7. The number of fused-ring (bicyclic) bond motifs is 1. The number of rotatable bonds is 12. The molecule has 2 unspecified atom stereocenters. The summed E-state index contributed by atoms with van der Waals surface area (Å²) < 4.78 is 6.61. The molecule has 0 aliphatic carbocycles. The van der Waals surface area contributed by atoms with Crippen LogP contribution in [0.25, 0.3) is 0 Å². The number of aliphatic hydroxyl groups excluding tert-OH is 1. The van der Waals surface area contributed by atoms with Gasteiger partial charge in [-0.2, -0.15) is 0 Å². The Kier molecular flexibility index (Phi) is 7.81. The molecule has 1 aromatic carbocycles. The first-order valence-electron chi connectivity index (χ1n) is 13.1. The van der Waals surface area contributed by atoms with Gasteiger partial charge in [0.2, 0.25) is 17.7 Å². The number of likely N-dealkylation sites (tertiary alicyclic amines) is 1. The molecule has 3 aliphatic heterocycles. The van der Waals surface area contributed by atoms with E-state index in [1.54, 1.807) is 4.90 Å². The SMILES string of the molecule is CCCCCNC(=O)C1N(CCCCCO)C(=O)[C@@H]2[C@H](C(=O)Nc3ccccc3)[C@]3(C)CCC12O3. The molecule has 3 amide bonds. The maximum atomic E-state index is 13.9. The molecule has 35 heavy (non-hydrogen) atoms. The maximum absolute atomic E-state index is 13.9. The molecule has 4 rings (SSSR count). The van der Waals surface area contributed by atoms with Crippen LogP contribution in [0.5, 0.6) is 0 Å². The number of hydrogen-bond acceptors (Lipinski definition) is 5. The van der Waals surface area contributed by atoms with Crippen molar-refractivity contribution in [3.8, 4) is 0 Å². The van der Waals surface area contributed by atoms with Crippen molar-refractivity contribution in [1.82, 2.24) is 10.2 Å². The third-order valence-electron chi connectivity index (χ3n) is 7.99. The van der Waals surface area contributed by atoms with Crippen LogP contribution < -0.4 is 10.6 Å². The van der Waals surface area contributed by atoms with E-state index in [1.165, 1.54) is 0 Å². The summed E-state index contributed by atoms with van der Waals surface area (Å²) in [6.45, 7) is 5.10. The van der Waals surface area contributed by atoms with Crippen LogP contribution in [0.1, 0.15) is 65.2 Å². The Labute approximate surface area is 207 Å². The first-order valence-corrected chi connectivity index (χ1v) is 13.1. The Bertz CT molecular complexity index is 925. The molecule has 5 atom stereocenters. The minimum absolute atomic E-state index is 0.102. The minimum atomic E-state index is -0.990. The van der Waals surface area contributed by atoms with E-state index in [9.17, 15) is 14.4 Å². The highest BCUT2D eigenvalue weighted by molar-refractivity contribution is 6.02. The molecule has 192 valence electrons. The highest BCUT2D eigenvalue weighted by Crippen LogP contribution is 2.63. The maximum Gasteiger partial charge on any atom is 0.245 e. The summed E-state index contributed by atoms with van der Waals surface area (Å²) in [6.07, 6.45) is 6.28. The fraction of sp³-hybridized carbons (Fsp3) is 0.667. The summed E-state index contributed by atoms with van der Waals surface area (Å²) in [5.41, 5.74) is -1.10. The van der Waals surface area contributed by atoms with Crippen LogP contribution in [0.3, 0.4) is 0 Å². The number of ether oxygens (including phenoxy) is 1. The predicted octanol–water partition coefficient (Wildman–Crippen LogP) is 2.86. The van der Waals surface area contributed by atoms with Gasteiger partial charge in [-0.1, -0.05) is 38.0 Å². The number of benzene rings is 1. The molecular weight excluding hydrogens is 446 g/mol. The molecule has 3 fully saturated rings. The van der Waals surface area contributed by atoms with Crippen molar-refractivity contribution in [2.24, 2.45) is 11.8 Å². The van der Waals surface area contributed by atoms with E-state index in [0.29, 0.717) is 44.5 Å². The van der Waals surface area contributed by atoms with Crippen LogP contribution in [0.15, 0.2) is 30.3 Å². The van der Waals surface area contributed by atoms with Crippen molar-refractivity contribution >= 4 is 23.4 Å². The first-order chi connectivity index (χ1) is 16.9. The standard InChI is InChI=1S/C27H39N3O5/c1-3-4-9-16-28-24(33)22-27-15-14-26(2,35-27)20(23(32)29-19-12-7-5-8-13-19)21(27)25(34)30(22)17-10-6-11-18-31/h5,7-8,12-13,20-22,31H,3-4,6,9-11,14-18H2,1-2H3,(H,28,33)(H,29,32)/t20-,21+,22?,26+,27?/m1/s1. The predicted molar refractivity (Wildman–Crippen MR) is 132 cm³/mol. The Morgan fingerprint density at radius 3 is 2.57 bits per heavy atom. The summed E-state index contributed by atoms with van der Waals surface area (Å²) in [5, 5.41) is 15.2. The van der Waals surface area contributed by atoms with Crippen molar-refractivity contribution in [1.29, 1.82) is 0 Å². The zero-order valence-corrected chi connectivity index (χ0v) is 20.9. The number of nitrogens with zero attached hydrogens (tertiary/aromatic N) is 1. The topological polar surface area (TPSA) is 108 Å². The summed E-state index contributed by atoms with van der Waals surface area (Å²) in [4.78, 5) is 42.6. The molecule has 0 saturated carbocycles. The second-order valence-electron chi connectivity index (χ2n) is 10.4. The molecule has 2 bridgehead atoms. The molecule has 3 N–H and O–H groups in total. The number of carbonyl (C=O) groups is 3. The number of para-hydroxylation sites is 1. The molecule has 0 radical (unpaired) electrons. The van der Waals surface area contributed by atoms with Gasteiger partial charge in [0.25, 0.3) is 0 Å². The van der Waals surface area contributed by atoms with Gasteiger partial charge in [-0.3, -0.25) is 14.4 Å². The van der Waals surface area contributed by atoms with Crippen LogP contribution in [0.4, 0.5) is 5.69 Å². The lowest BCUT2D eigenvalue weighted by Crippen LogP contribution is -2.55. The zero-order chi connectivity index (χ0) is 25.1. The van der Waals surface area contributed by atoms with E-state index in [-0.39, 0.29) is 24.3 Å². The first kappa shape index (κ1) is 25.6. The largest absolute Gasteiger partial charge is 0.396 e. The summed E-state index contributed by atoms with van der Waals surface area (Å²) >= 11 is 0. The lowest BCUT2D eigenvalue weighted by Gasteiger charge is -2.33. The van der Waals surface area contributed by atoms with E-state index in [1.807, 2.05) is 37.3 Å². The van der Waals surface area contributed by atoms with Crippen molar-refractivity contribution in [3.63, 3.8) is 0 Å². The number of aliphatic hydroxyl groups is 1. The number of unbranched alkanes of at least 4 members (excludes halogenated alkanes) is 4. The highest BCUT2D eigenvalue weighted by atomic mass is 16.5. The van der Waals surface area contributed by atoms with Gasteiger partial charge in [0.15, 0.2) is 0 Å². The van der Waals surface area contributed by atoms with Gasteiger partial charge in [-0.25, -0.2) is 0 Å². The Morgan fingerprint density at radius 2 is 1.86 bits per heavy atom. The second-order valence-corrected chi connectivity index (χ2v) is 10.4. The third kappa shape index (κ3) is 4.70. The van der Waals surface area contributed by atoms with Crippen molar-refractivity contribution in [2.75, 3.05) is 25.0 Å². The molecule has 1 aromatic rings. The van der Waals surface area contributed by atoms with Crippen molar-refractivity contribution in [3.05, 3.63) is 30.3 Å². The van der Waals surface area contributed by atoms with Crippen molar-refractivity contribution in [2.45, 2.75) is 82.5 Å². The molecule has 8 heteroatoms. The van der Waals surface area contributed by atoms with Gasteiger partial charge >= 0.3 is 0 Å². The molecule has 1 spiro atoms. The fourth-order valence-electron chi connectivity index (χ4n) is 6.36. The average molecular weight is 486 g/mol. The quantitative estimate of drug-likeness (QED) is 0.395. The summed E-state index contributed by atoms with van der Waals surface area (Å²) in [7, 11) is 0. The number of carbonyl (C=O) groups excluding carboxylic acids is 3. The lowest BCUT2D eigenvalue weighted by atomic mass is 9.66. The number of nitrogens with one attached hydrogen (secondary N) is 2. The number of amides is 3. The van der Waals surface area contributed by atoms with Crippen LogP contribution >= 0.6 is 0 Å². The average Bonchev–Trinajstić information content (AvgIpc) is 3.41. The molecule has 3 heterocycles. The van der Waals surface area contributed by atoms with Gasteiger partial charge in [0.05, 0.1) is 17.4 Å². The van der Waals surface area contributed by atoms with Crippen LogP contribution in [-0.4, -0.2) is 64.7 Å². The number of anilines is 1. The van der Waals surface area contributed by atoms with Gasteiger partial charge in [0.1, 0.15) is 11.6 Å². The Hall–Kier alpha value is -2.45. The highest BCUT2D eigenvalue weighted by Gasteiger charge is 2.77. The minimum Gasteiger partial charge on any atom is -0.396 e. The van der Waals surface area contributed by atoms with Crippen LogP contribution in [0, 0.1) is 11.8 Å². The van der Waals surface area contributed by atoms with Gasteiger partial charge in [0, 0.05) is 25.4 Å². The molecule has 3 saturated heterocycles. The van der Waals surface area contributed by atoms with E-state index < -0.39 is 29.1 Å². The van der Waals surface area contributed by atoms with E-state index in [2.05, 4.69) is 17.6 Å². The smallest absolute Gasteiger partial charge is 0.245 e. The van der Waals surface area contributed by atoms with E-state index in [0.717, 1.165) is 25.7 Å². The van der Waals surface area contributed by atoms with E-state index in [4.69, 9.17) is 9.84 Å². The fourth-order valence-corrected chi connectivity index (χ4v) is 6.36. The molecule has 8 nitrogen and oxygen atoms in total. The Morgan fingerprint density at radius 1 is 1.09 bits per heavy atom. The van der Waals surface area contributed by atoms with E-state index >= 15 is 0 Å². The lowest BCUT2D eigenvalue weighted by molar-refractivity contribution is -0.145. The third-order valence-corrected chi connectivity index (χ3v) is 7.99. The number of hydrogen-bond donors (Lipinski definition) is 3. The van der Waals surface area contributed by atoms with Gasteiger partial charge < -0.3 is 25.4 Å². The zero-order valence-electron chi connectivity index (χ0n) is 20.9. The van der Waals surface area contributed by atoms with Gasteiger partial charge in [-0.05, 0) is 57.6 Å². The van der Waals surface area contributed by atoms with Crippen LogP contribution in [0.2, 0.25) is 0 Å². The van der Waals surface area contributed by atoms with Gasteiger partial charge in [-0.15, -0.1) is 0 Å².